The molecule has 0 saturated heterocycles. The monoisotopic (exact) mass is 390 g/mol. The van der Waals surface area contributed by atoms with E-state index in [0.717, 1.165) is 0 Å². The topological polar surface area (TPSA) is 52.6 Å². The summed E-state index contributed by atoms with van der Waals surface area (Å²) in [4.78, 5) is 24.4. The molecule has 0 aliphatic carbocycles. The standard InChI is InChI=1S/C20H16Cl2O4/c1-10(2)20(24)25-13-6-11(3)18-16(9-13)26-17(19(18)23)8-12-4-5-14(21)15(22)7-12/h4-10H,1-3H3/b17-8-. The molecule has 1 aliphatic rings. The minimum Gasteiger partial charge on any atom is -0.452 e. The highest BCUT2D eigenvalue weighted by Gasteiger charge is 2.30. The van der Waals surface area contributed by atoms with Crippen molar-refractivity contribution in [2.24, 2.45) is 5.92 Å². The van der Waals surface area contributed by atoms with Gasteiger partial charge in [0.2, 0.25) is 5.78 Å². The molecule has 0 aromatic heterocycles. The van der Waals surface area contributed by atoms with Gasteiger partial charge in [0.15, 0.2) is 5.76 Å². The maximum atomic E-state index is 12.7. The highest BCUT2D eigenvalue weighted by Crippen LogP contribution is 2.38. The van der Waals surface area contributed by atoms with Gasteiger partial charge in [0.1, 0.15) is 11.5 Å². The summed E-state index contributed by atoms with van der Waals surface area (Å²) in [5, 5.41) is 0.825. The highest BCUT2D eigenvalue weighted by atomic mass is 35.5. The number of hydrogen-bond donors (Lipinski definition) is 0. The lowest BCUT2D eigenvalue weighted by molar-refractivity contribution is -0.137. The summed E-state index contributed by atoms with van der Waals surface area (Å²) in [6.07, 6.45) is 1.60. The van der Waals surface area contributed by atoms with Gasteiger partial charge in [-0.1, -0.05) is 43.1 Å². The van der Waals surface area contributed by atoms with Crippen molar-refractivity contribution in [3.63, 3.8) is 0 Å². The van der Waals surface area contributed by atoms with Gasteiger partial charge in [-0.05, 0) is 42.3 Å². The first-order valence-electron chi connectivity index (χ1n) is 8.02. The zero-order valence-electron chi connectivity index (χ0n) is 14.4. The largest absolute Gasteiger partial charge is 0.452 e. The summed E-state index contributed by atoms with van der Waals surface area (Å²) in [6, 6.07) is 8.25. The molecule has 3 rings (SSSR count). The van der Waals surface area contributed by atoms with Crippen molar-refractivity contribution in [1.29, 1.82) is 0 Å². The van der Waals surface area contributed by atoms with Crippen LogP contribution in [-0.4, -0.2) is 11.8 Å². The SMILES string of the molecule is Cc1cc(OC(=O)C(C)C)cc2c1C(=O)/C(=C/c1ccc(Cl)c(Cl)c1)O2. The van der Waals surface area contributed by atoms with Crippen molar-refractivity contribution >= 4 is 41.0 Å². The Balaban J connectivity index is 1.93. The van der Waals surface area contributed by atoms with E-state index in [1.165, 1.54) is 0 Å². The van der Waals surface area contributed by atoms with Gasteiger partial charge in [0.25, 0.3) is 0 Å². The van der Waals surface area contributed by atoms with Gasteiger partial charge >= 0.3 is 5.97 Å². The fourth-order valence-electron chi connectivity index (χ4n) is 2.52. The fourth-order valence-corrected chi connectivity index (χ4v) is 2.83. The molecule has 4 nitrogen and oxygen atoms in total. The number of ether oxygens (including phenoxy) is 2. The van der Waals surface area contributed by atoms with Gasteiger partial charge in [-0.3, -0.25) is 9.59 Å². The van der Waals surface area contributed by atoms with E-state index in [1.54, 1.807) is 57.2 Å². The van der Waals surface area contributed by atoms with Crippen LogP contribution in [0.4, 0.5) is 0 Å². The van der Waals surface area contributed by atoms with Crippen LogP contribution in [0.15, 0.2) is 36.1 Å². The molecule has 0 radical (unpaired) electrons. The number of ketones is 1. The van der Waals surface area contributed by atoms with Crippen molar-refractivity contribution in [3.8, 4) is 11.5 Å². The van der Waals surface area contributed by atoms with E-state index in [9.17, 15) is 9.59 Å². The van der Waals surface area contributed by atoms with Crippen molar-refractivity contribution in [2.75, 3.05) is 0 Å². The fraction of sp³-hybridized carbons (Fsp3) is 0.200. The van der Waals surface area contributed by atoms with E-state index in [1.807, 2.05) is 0 Å². The lowest BCUT2D eigenvalue weighted by Gasteiger charge is -2.09. The molecule has 0 fully saturated rings. The molecular weight excluding hydrogens is 375 g/mol. The molecule has 2 aromatic carbocycles. The van der Waals surface area contributed by atoms with Crippen molar-refractivity contribution in [1.82, 2.24) is 0 Å². The zero-order chi connectivity index (χ0) is 19.0. The number of esters is 1. The third-order valence-corrected chi connectivity index (χ3v) is 4.61. The predicted octanol–water partition coefficient (Wildman–Crippen LogP) is 5.48. The van der Waals surface area contributed by atoms with E-state index in [2.05, 4.69) is 0 Å². The Bertz CT molecular complexity index is 945. The van der Waals surface area contributed by atoms with Gasteiger partial charge in [-0.25, -0.2) is 0 Å². The molecule has 26 heavy (non-hydrogen) atoms. The number of carbonyl (C=O) groups excluding carboxylic acids is 2. The van der Waals surface area contributed by atoms with E-state index in [4.69, 9.17) is 32.7 Å². The first kappa shape index (κ1) is 18.5. The number of halogens is 2. The number of carbonyl (C=O) groups is 2. The van der Waals surface area contributed by atoms with E-state index < -0.39 is 0 Å². The second-order valence-corrected chi connectivity index (χ2v) is 7.12. The maximum Gasteiger partial charge on any atom is 0.313 e. The van der Waals surface area contributed by atoms with Crippen LogP contribution in [0.2, 0.25) is 10.0 Å². The number of Topliss-reactive ketones (excluding diaryl/α,β-unsaturated/α-hetero) is 1. The molecule has 0 amide bonds. The van der Waals surface area contributed by atoms with Gasteiger partial charge in [-0.15, -0.1) is 0 Å². The Hall–Kier alpha value is -2.30. The lowest BCUT2D eigenvalue weighted by Crippen LogP contribution is -2.14. The highest BCUT2D eigenvalue weighted by molar-refractivity contribution is 6.42. The number of hydrogen-bond acceptors (Lipinski definition) is 4. The minimum atomic E-state index is -0.347. The number of rotatable bonds is 3. The van der Waals surface area contributed by atoms with Crippen LogP contribution in [0.5, 0.6) is 11.5 Å². The van der Waals surface area contributed by atoms with Gasteiger partial charge in [0, 0.05) is 6.07 Å². The molecule has 0 bridgehead atoms. The number of fused-ring (bicyclic) bond motifs is 1. The maximum absolute atomic E-state index is 12.7. The molecule has 2 aromatic rings. The van der Waals surface area contributed by atoms with Gasteiger partial charge < -0.3 is 9.47 Å². The molecule has 0 unspecified atom stereocenters. The van der Waals surface area contributed by atoms with Crippen LogP contribution in [0.1, 0.15) is 35.3 Å². The van der Waals surface area contributed by atoms with Crippen LogP contribution in [0.3, 0.4) is 0 Å². The van der Waals surface area contributed by atoms with Gasteiger partial charge in [-0.2, -0.15) is 0 Å². The Morgan fingerprint density at radius 3 is 2.54 bits per heavy atom. The van der Waals surface area contributed by atoms with E-state index >= 15 is 0 Å². The molecule has 0 N–H and O–H groups in total. The molecule has 1 heterocycles. The summed E-state index contributed by atoms with van der Waals surface area (Å²) in [5.74, 6) is 0.0620. The molecule has 6 heteroatoms. The van der Waals surface area contributed by atoms with Crippen LogP contribution in [0.25, 0.3) is 6.08 Å². The quantitative estimate of drug-likeness (QED) is 0.395. The zero-order valence-corrected chi connectivity index (χ0v) is 15.9. The summed E-state index contributed by atoms with van der Waals surface area (Å²) >= 11 is 11.9. The number of allylic oxidation sites excluding steroid dienone is 1. The minimum absolute atomic E-state index is 0.175. The summed E-state index contributed by atoms with van der Waals surface area (Å²) in [6.45, 7) is 5.27. The van der Waals surface area contributed by atoms with Crippen LogP contribution < -0.4 is 9.47 Å². The number of aryl methyl sites for hydroxylation is 1. The third-order valence-electron chi connectivity index (χ3n) is 3.87. The Labute approximate surface area is 161 Å². The van der Waals surface area contributed by atoms with Crippen LogP contribution in [0, 0.1) is 12.8 Å². The van der Waals surface area contributed by atoms with Crippen molar-refractivity contribution in [2.45, 2.75) is 20.8 Å². The Kier molecular flexibility index (Phi) is 5.08. The van der Waals surface area contributed by atoms with Gasteiger partial charge in [0.05, 0.1) is 21.5 Å². The first-order valence-corrected chi connectivity index (χ1v) is 8.77. The Morgan fingerprint density at radius 2 is 1.88 bits per heavy atom. The molecule has 0 saturated carbocycles. The van der Waals surface area contributed by atoms with E-state index in [-0.39, 0.29) is 23.4 Å². The van der Waals surface area contributed by atoms with Crippen LogP contribution in [-0.2, 0) is 4.79 Å². The average Bonchev–Trinajstić information content (AvgIpc) is 2.87. The second kappa shape index (κ2) is 7.14. The van der Waals surface area contributed by atoms with E-state index in [0.29, 0.717) is 38.2 Å². The molecule has 134 valence electrons. The number of benzene rings is 2. The van der Waals surface area contributed by atoms with Crippen molar-refractivity contribution in [3.05, 3.63) is 62.8 Å². The summed E-state index contributed by atoms with van der Waals surface area (Å²) in [7, 11) is 0. The van der Waals surface area contributed by atoms with Crippen LogP contribution >= 0.6 is 23.2 Å². The molecule has 0 spiro atoms. The second-order valence-electron chi connectivity index (χ2n) is 6.30. The molecular formula is C20H16Cl2O4. The molecule has 0 atom stereocenters. The molecule has 1 aliphatic heterocycles. The van der Waals surface area contributed by atoms with Crippen molar-refractivity contribution < 1.29 is 19.1 Å². The normalized spacial score (nSPS) is 14.5. The summed E-state index contributed by atoms with van der Waals surface area (Å²) < 4.78 is 11.0. The first-order chi connectivity index (χ1) is 12.3. The third kappa shape index (κ3) is 3.62. The Morgan fingerprint density at radius 1 is 1.15 bits per heavy atom. The summed E-state index contributed by atoms with van der Waals surface area (Å²) in [5.41, 5.74) is 1.83. The smallest absolute Gasteiger partial charge is 0.313 e. The lowest BCUT2D eigenvalue weighted by atomic mass is 10.0. The predicted molar refractivity (Wildman–Crippen MR) is 101 cm³/mol. The average molecular weight is 391 g/mol.